The third-order valence-electron chi connectivity index (χ3n) is 10.5. The summed E-state index contributed by atoms with van der Waals surface area (Å²) in [5.74, 6) is 8.25. The summed E-state index contributed by atoms with van der Waals surface area (Å²) in [6, 6.07) is 17.1. The number of fused-ring (bicyclic) bond motifs is 5. The van der Waals surface area contributed by atoms with Crippen LogP contribution < -0.4 is 0 Å². The molecule has 1 aromatic carbocycles. The molecule has 1 saturated heterocycles. The minimum absolute atomic E-state index is 0.241. The van der Waals surface area contributed by atoms with Crippen molar-refractivity contribution in [2.45, 2.75) is 110 Å². The average molecular weight is 517 g/mol. The summed E-state index contributed by atoms with van der Waals surface area (Å²) < 4.78 is 0. The fraction of sp³-hybridized carbons (Fsp3) is 0.647. The van der Waals surface area contributed by atoms with Gasteiger partial charge in [-0.25, -0.2) is 0 Å². The molecule has 0 spiro atoms. The maximum Gasteiger partial charge on any atom is 0.107 e. The zero-order valence-electron chi connectivity index (χ0n) is 23.7. The molecule has 2 bridgehead atoms. The van der Waals surface area contributed by atoms with Crippen molar-refractivity contribution in [3.63, 3.8) is 0 Å². The van der Waals surface area contributed by atoms with Crippen LogP contribution >= 0.6 is 11.3 Å². The Labute approximate surface area is 230 Å². The zero-order chi connectivity index (χ0) is 25.9. The molecule has 0 radical (unpaired) electrons. The summed E-state index contributed by atoms with van der Waals surface area (Å²) in [4.78, 5) is 7.16. The van der Waals surface area contributed by atoms with Crippen molar-refractivity contribution < 1.29 is 0 Å². The molecule has 37 heavy (non-hydrogen) atoms. The Bertz CT molecular complexity index is 1050. The predicted molar refractivity (Wildman–Crippen MR) is 159 cm³/mol. The fourth-order valence-electron chi connectivity index (χ4n) is 8.07. The van der Waals surface area contributed by atoms with Gasteiger partial charge in [0, 0.05) is 43.0 Å². The molecule has 2 nitrogen and oxygen atoms in total. The SMILES string of the molecule is CCCCCCCCC#C[C@@H](c1cccs1)N1CCN(Cc2ccccc2)C2C1[C@H]1CC[C@]2(C)C1(C)C. The van der Waals surface area contributed by atoms with Gasteiger partial charge in [0.1, 0.15) is 6.04 Å². The molecule has 200 valence electrons. The first-order valence-corrected chi connectivity index (χ1v) is 15.9. The normalized spacial score (nSPS) is 29.6. The van der Waals surface area contributed by atoms with E-state index in [4.69, 9.17) is 0 Å². The quantitative estimate of drug-likeness (QED) is 0.230. The highest BCUT2D eigenvalue weighted by Crippen LogP contribution is 2.68. The molecule has 5 rings (SSSR count). The molecule has 3 fully saturated rings. The van der Waals surface area contributed by atoms with E-state index in [0.717, 1.165) is 32.0 Å². The maximum absolute atomic E-state index is 3.84. The highest BCUT2D eigenvalue weighted by atomic mass is 32.1. The van der Waals surface area contributed by atoms with Gasteiger partial charge in [-0.3, -0.25) is 9.80 Å². The van der Waals surface area contributed by atoms with E-state index in [1.54, 1.807) is 0 Å². The van der Waals surface area contributed by atoms with Crippen LogP contribution in [0.2, 0.25) is 0 Å². The lowest BCUT2D eigenvalue weighted by atomic mass is 9.68. The summed E-state index contributed by atoms with van der Waals surface area (Å²) in [7, 11) is 0. The number of hydrogen-bond donors (Lipinski definition) is 0. The van der Waals surface area contributed by atoms with E-state index in [0.29, 0.717) is 22.9 Å². The van der Waals surface area contributed by atoms with Gasteiger partial charge >= 0.3 is 0 Å². The van der Waals surface area contributed by atoms with Gasteiger partial charge < -0.3 is 0 Å². The number of hydrogen-bond acceptors (Lipinski definition) is 3. The second kappa shape index (κ2) is 11.6. The summed E-state index contributed by atoms with van der Waals surface area (Å²) in [6.07, 6.45) is 11.8. The van der Waals surface area contributed by atoms with E-state index >= 15 is 0 Å². The Morgan fingerprint density at radius 1 is 0.973 bits per heavy atom. The molecule has 5 atom stereocenters. The van der Waals surface area contributed by atoms with E-state index in [2.05, 4.69) is 97.2 Å². The average Bonchev–Trinajstić information content (AvgIpc) is 3.55. The highest BCUT2D eigenvalue weighted by molar-refractivity contribution is 7.10. The minimum Gasteiger partial charge on any atom is -0.293 e. The van der Waals surface area contributed by atoms with E-state index in [1.165, 1.54) is 61.8 Å². The Morgan fingerprint density at radius 2 is 1.76 bits per heavy atom. The number of benzene rings is 1. The van der Waals surface area contributed by atoms with Crippen molar-refractivity contribution in [2.24, 2.45) is 16.7 Å². The summed E-state index contributed by atoms with van der Waals surface area (Å²) in [6.45, 7) is 13.4. The summed E-state index contributed by atoms with van der Waals surface area (Å²) >= 11 is 1.90. The molecular formula is C34H48N2S. The minimum atomic E-state index is 0.241. The Morgan fingerprint density at radius 3 is 2.51 bits per heavy atom. The van der Waals surface area contributed by atoms with Crippen LogP contribution in [0.25, 0.3) is 0 Å². The lowest BCUT2D eigenvalue weighted by Crippen LogP contribution is -2.63. The number of nitrogens with zero attached hydrogens (tertiary/aromatic N) is 2. The Hall–Kier alpha value is -1.60. The van der Waals surface area contributed by atoms with Gasteiger partial charge in [-0.2, -0.15) is 0 Å². The number of piperazine rings is 1. The van der Waals surface area contributed by atoms with Crippen LogP contribution in [0.1, 0.15) is 102 Å². The van der Waals surface area contributed by atoms with Crippen LogP contribution in [-0.4, -0.2) is 35.0 Å². The van der Waals surface area contributed by atoms with Crippen molar-refractivity contribution in [3.8, 4) is 11.8 Å². The van der Waals surface area contributed by atoms with Crippen molar-refractivity contribution >= 4 is 11.3 Å². The highest BCUT2D eigenvalue weighted by Gasteiger charge is 2.69. The zero-order valence-corrected chi connectivity index (χ0v) is 24.5. The number of thiophene rings is 1. The third kappa shape index (κ3) is 5.19. The fourth-order valence-corrected chi connectivity index (χ4v) is 8.87. The van der Waals surface area contributed by atoms with Crippen LogP contribution in [0.15, 0.2) is 47.8 Å². The molecule has 1 aromatic heterocycles. The molecule has 2 aromatic rings. The topological polar surface area (TPSA) is 6.48 Å². The molecule has 1 aliphatic heterocycles. The molecule has 3 heteroatoms. The first kappa shape index (κ1) is 27.0. The van der Waals surface area contributed by atoms with E-state index < -0.39 is 0 Å². The lowest BCUT2D eigenvalue weighted by molar-refractivity contribution is -0.0510. The van der Waals surface area contributed by atoms with Gasteiger partial charge in [0.25, 0.3) is 0 Å². The van der Waals surface area contributed by atoms with Crippen molar-refractivity contribution in [1.82, 2.24) is 9.80 Å². The van der Waals surface area contributed by atoms with Gasteiger partial charge in [0.05, 0.1) is 0 Å². The van der Waals surface area contributed by atoms with Gasteiger partial charge in [-0.15, -0.1) is 17.3 Å². The second-order valence-electron chi connectivity index (χ2n) is 12.7. The van der Waals surface area contributed by atoms with Crippen LogP contribution in [0.3, 0.4) is 0 Å². The molecule has 2 heterocycles. The molecule has 2 unspecified atom stereocenters. The Balaban J connectivity index is 1.38. The van der Waals surface area contributed by atoms with Crippen LogP contribution in [-0.2, 0) is 6.54 Å². The molecule has 2 aliphatic carbocycles. The first-order chi connectivity index (χ1) is 18.0. The molecule has 0 N–H and O–H groups in total. The largest absolute Gasteiger partial charge is 0.293 e. The summed E-state index contributed by atoms with van der Waals surface area (Å²) in [5, 5.41) is 2.24. The third-order valence-corrected chi connectivity index (χ3v) is 11.4. The van der Waals surface area contributed by atoms with Crippen molar-refractivity contribution in [3.05, 3.63) is 58.3 Å². The smallest absolute Gasteiger partial charge is 0.107 e. The summed E-state index contributed by atoms with van der Waals surface area (Å²) in [5.41, 5.74) is 2.15. The van der Waals surface area contributed by atoms with Gasteiger partial charge in [0.2, 0.25) is 0 Å². The second-order valence-corrected chi connectivity index (χ2v) is 13.6. The van der Waals surface area contributed by atoms with Crippen molar-refractivity contribution in [1.29, 1.82) is 0 Å². The molecule has 0 amide bonds. The van der Waals surface area contributed by atoms with Gasteiger partial charge in [0.15, 0.2) is 0 Å². The van der Waals surface area contributed by atoms with Gasteiger partial charge in [-0.05, 0) is 53.0 Å². The number of rotatable bonds is 10. The number of unbranched alkanes of at least 4 members (excludes halogenated alkanes) is 6. The Kier molecular flexibility index (Phi) is 8.49. The molecule has 2 saturated carbocycles. The van der Waals surface area contributed by atoms with E-state index in [1.807, 2.05) is 11.3 Å². The van der Waals surface area contributed by atoms with E-state index in [9.17, 15) is 0 Å². The van der Waals surface area contributed by atoms with Gasteiger partial charge in [-0.1, -0.05) is 102 Å². The lowest BCUT2D eigenvalue weighted by Gasteiger charge is -2.54. The molecular weight excluding hydrogens is 468 g/mol. The van der Waals surface area contributed by atoms with Crippen LogP contribution in [0.5, 0.6) is 0 Å². The molecule has 3 aliphatic rings. The predicted octanol–water partition coefficient (Wildman–Crippen LogP) is 8.55. The maximum atomic E-state index is 3.84. The van der Waals surface area contributed by atoms with Crippen LogP contribution in [0.4, 0.5) is 0 Å². The van der Waals surface area contributed by atoms with Crippen molar-refractivity contribution in [2.75, 3.05) is 13.1 Å². The first-order valence-electron chi connectivity index (χ1n) is 15.0. The standard InChI is InChI=1S/C34H48N2S/c1-5-6-7-8-9-10-11-15-19-29(30-20-16-25-37-30)36-24-23-35(26-27-17-13-12-14-18-27)32-31(36)28-21-22-34(32,4)33(28,2)3/h12-14,16-18,20,25,28-29,31-32H,5-11,21-24,26H2,1-4H3/t28-,29+,31?,32?,34+/m1/s1. The van der Waals surface area contributed by atoms with Crippen LogP contribution in [0, 0.1) is 28.6 Å². The van der Waals surface area contributed by atoms with E-state index in [-0.39, 0.29) is 6.04 Å². The monoisotopic (exact) mass is 516 g/mol.